The van der Waals surface area contributed by atoms with Crippen LogP contribution >= 0.6 is 22.6 Å². The summed E-state index contributed by atoms with van der Waals surface area (Å²) < 4.78 is 1.28. The van der Waals surface area contributed by atoms with Crippen molar-refractivity contribution in [3.05, 3.63) is 0 Å². The smallest absolute Gasteiger partial charge is 0.00932 e. The highest BCUT2D eigenvalue weighted by Crippen LogP contribution is 2.39. The molecule has 1 nitrogen and oxygen atoms in total. The molecule has 0 aromatic heterocycles. The van der Waals surface area contributed by atoms with Crippen LogP contribution in [0.3, 0.4) is 0 Å². The third-order valence-electron chi connectivity index (χ3n) is 3.86. The first kappa shape index (κ1) is 11.8. The number of hydrogen-bond donors (Lipinski definition) is 1. The van der Waals surface area contributed by atoms with Crippen molar-refractivity contribution in [2.45, 2.75) is 39.7 Å². The van der Waals surface area contributed by atoms with Gasteiger partial charge in [0.1, 0.15) is 0 Å². The Bertz CT molecular complexity index is 160. The minimum absolute atomic E-state index is 0.434. The van der Waals surface area contributed by atoms with Crippen molar-refractivity contribution in [1.29, 1.82) is 0 Å². The Labute approximate surface area is 96.0 Å². The van der Waals surface area contributed by atoms with Gasteiger partial charge in [0.15, 0.2) is 0 Å². The summed E-state index contributed by atoms with van der Waals surface area (Å²) in [7, 11) is 0. The molecule has 0 radical (unpaired) electrons. The van der Waals surface area contributed by atoms with Crippen LogP contribution in [0, 0.1) is 23.7 Å². The molecule has 0 aliphatic heterocycles. The average Bonchev–Trinajstić information content (AvgIpc) is 2.09. The molecule has 1 saturated carbocycles. The van der Waals surface area contributed by atoms with E-state index in [4.69, 9.17) is 5.73 Å². The molecule has 0 heterocycles. The van der Waals surface area contributed by atoms with Crippen molar-refractivity contribution in [3.8, 4) is 0 Å². The molecule has 1 rings (SSSR count). The summed E-state index contributed by atoms with van der Waals surface area (Å²) >= 11 is 2.48. The van der Waals surface area contributed by atoms with Gasteiger partial charge in [-0.3, -0.25) is 0 Å². The quantitative estimate of drug-likeness (QED) is 0.615. The molecule has 13 heavy (non-hydrogen) atoms. The summed E-state index contributed by atoms with van der Waals surface area (Å²) in [4.78, 5) is 0. The summed E-state index contributed by atoms with van der Waals surface area (Å²) in [6.45, 7) is 7.04. The third-order valence-corrected chi connectivity index (χ3v) is 4.48. The monoisotopic (exact) mass is 295 g/mol. The van der Waals surface area contributed by atoms with Crippen molar-refractivity contribution < 1.29 is 0 Å². The topological polar surface area (TPSA) is 26.0 Å². The van der Waals surface area contributed by atoms with E-state index in [1.807, 2.05) is 0 Å². The van der Waals surface area contributed by atoms with E-state index in [0.29, 0.717) is 12.0 Å². The lowest BCUT2D eigenvalue weighted by Crippen LogP contribution is -2.46. The highest BCUT2D eigenvalue weighted by Gasteiger charge is 2.36. The normalized spacial score (nSPS) is 46.4. The Kier molecular flexibility index (Phi) is 4.49. The Morgan fingerprint density at radius 2 is 1.85 bits per heavy atom. The van der Waals surface area contributed by atoms with E-state index < -0.39 is 0 Å². The molecular weight excluding hydrogens is 273 g/mol. The summed E-state index contributed by atoms with van der Waals surface area (Å²) in [5.74, 6) is 3.17. The Balaban J connectivity index is 2.61. The molecule has 0 spiro atoms. The third kappa shape index (κ3) is 2.58. The fourth-order valence-corrected chi connectivity index (χ4v) is 3.63. The van der Waals surface area contributed by atoms with Crippen LogP contribution in [0.15, 0.2) is 0 Å². The number of rotatable bonds is 2. The fourth-order valence-electron chi connectivity index (χ4n) is 2.91. The zero-order chi connectivity index (χ0) is 10.0. The van der Waals surface area contributed by atoms with Crippen molar-refractivity contribution in [2.24, 2.45) is 29.4 Å². The lowest BCUT2D eigenvalue weighted by molar-refractivity contribution is 0.107. The van der Waals surface area contributed by atoms with Crippen molar-refractivity contribution in [3.63, 3.8) is 0 Å². The molecule has 78 valence electrons. The SMILES string of the molecule is CC1CC(C)C(CCI)C(C)C1N. The van der Waals surface area contributed by atoms with E-state index in [1.54, 1.807) is 0 Å². The van der Waals surface area contributed by atoms with Gasteiger partial charge in [0.2, 0.25) is 0 Å². The molecule has 5 unspecified atom stereocenters. The second-order valence-electron chi connectivity index (χ2n) is 4.77. The maximum atomic E-state index is 6.20. The molecule has 1 aliphatic carbocycles. The van der Waals surface area contributed by atoms with E-state index in [-0.39, 0.29) is 0 Å². The largest absolute Gasteiger partial charge is 0.327 e. The first-order valence-electron chi connectivity index (χ1n) is 5.39. The number of halogens is 1. The average molecular weight is 295 g/mol. The second kappa shape index (κ2) is 4.96. The van der Waals surface area contributed by atoms with Crippen LogP contribution in [-0.4, -0.2) is 10.5 Å². The predicted molar refractivity (Wildman–Crippen MR) is 67.1 cm³/mol. The van der Waals surface area contributed by atoms with Gasteiger partial charge in [-0.15, -0.1) is 0 Å². The molecule has 2 heteroatoms. The molecule has 5 atom stereocenters. The predicted octanol–water partition coefficient (Wildman–Crippen LogP) is 3.07. The Hall–Kier alpha value is 0.690. The van der Waals surface area contributed by atoms with Gasteiger partial charge in [-0.1, -0.05) is 43.4 Å². The van der Waals surface area contributed by atoms with E-state index in [1.165, 1.54) is 17.3 Å². The number of hydrogen-bond acceptors (Lipinski definition) is 1. The second-order valence-corrected chi connectivity index (χ2v) is 5.85. The molecule has 0 aromatic carbocycles. The highest BCUT2D eigenvalue weighted by molar-refractivity contribution is 14.1. The minimum Gasteiger partial charge on any atom is -0.327 e. The summed E-state index contributed by atoms with van der Waals surface area (Å²) in [6, 6.07) is 0.434. The van der Waals surface area contributed by atoms with Gasteiger partial charge in [-0.25, -0.2) is 0 Å². The van der Waals surface area contributed by atoms with Crippen LogP contribution in [0.2, 0.25) is 0 Å². The van der Waals surface area contributed by atoms with Crippen LogP contribution in [0.1, 0.15) is 33.6 Å². The summed E-state index contributed by atoms with van der Waals surface area (Å²) in [5, 5.41) is 0. The van der Waals surface area contributed by atoms with Gasteiger partial charge in [0.05, 0.1) is 0 Å². The van der Waals surface area contributed by atoms with Crippen LogP contribution in [0.5, 0.6) is 0 Å². The van der Waals surface area contributed by atoms with E-state index in [2.05, 4.69) is 43.4 Å². The Morgan fingerprint density at radius 3 is 2.38 bits per heavy atom. The Morgan fingerprint density at radius 1 is 1.23 bits per heavy atom. The lowest BCUT2D eigenvalue weighted by Gasteiger charge is -2.42. The molecule has 2 N–H and O–H groups in total. The van der Waals surface area contributed by atoms with Gasteiger partial charge >= 0.3 is 0 Å². The van der Waals surface area contributed by atoms with E-state index >= 15 is 0 Å². The van der Waals surface area contributed by atoms with Crippen LogP contribution < -0.4 is 5.73 Å². The van der Waals surface area contributed by atoms with Gasteiger partial charge in [-0.05, 0) is 40.9 Å². The maximum Gasteiger partial charge on any atom is 0.00932 e. The number of alkyl halides is 1. The first-order chi connectivity index (χ1) is 6.07. The molecule has 0 bridgehead atoms. The molecular formula is C11H22IN. The molecule has 0 aromatic rings. The zero-order valence-corrected chi connectivity index (χ0v) is 11.1. The van der Waals surface area contributed by atoms with Gasteiger partial charge < -0.3 is 5.73 Å². The molecule has 0 saturated heterocycles. The van der Waals surface area contributed by atoms with Crippen LogP contribution in [0.25, 0.3) is 0 Å². The van der Waals surface area contributed by atoms with Gasteiger partial charge in [-0.2, -0.15) is 0 Å². The van der Waals surface area contributed by atoms with Crippen LogP contribution in [0.4, 0.5) is 0 Å². The van der Waals surface area contributed by atoms with E-state index in [9.17, 15) is 0 Å². The van der Waals surface area contributed by atoms with Crippen LogP contribution in [-0.2, 0) is 0 Å². The first-order valence-corrected chi connectivity index (χ1v) is 6.92. The van der Waals surface area contributed by atoms with Crippen molar-refractivity contribution >= 4 is 22.6 Å². The highest BCUT2D eigenvalue weighted by atomic mass is 127. The maximum absolute atomic E-state index is 6.20. The lowest BCUT2D eigenvalue weighted by atomic mass is 9.66. The van der Waals surface area contributed by atoms with E-state index in [0.717, 1.165) is 17.8 Å². The zero-order valence-electron chi connectivity index (χ0n) is 8.96. The summed E-state index contributed by atoms with van der Waals surface area (Å²) in [5.41, 5.74) is 6.20. The van der Waals surface area contributed by atoms with Crippen molar-refractivity contribution in [1.82, 2.24) is 0 Å². The number of nitrogens with two attached hydrogens (primary N) is 1. The molecule has 1 aliphatic rings. The standard InChI is InChI=1S/C11H22IN/c1-7-6-8(2)11(13)9(3)10(7)4-5-12/h7-11H,4-6,13H2,1-3H3. The molecule has 1 fully saturated rings. The van der Waals surface area contributed by atoms with Gasteiger partial charge in [0, 0.05) is 6.04 Å². The fraction of sp³-hybridized carbons (Fsp3) is 1.00. The minimum atomic E-state index is 0.434. The van der Waals surface area contributed by atoms with Crippen molar-refractivity contribution in [2.75, 3.05) is 4.43 Å². The summed E-state index contributed by atoms with van der Waals surface area (Å²) in [6.07, 6.45) is 2.68. The molecule has 0 amide bonds. The van der Waals surface area contributed by atoms with Gasteiger partial charge in [0.25, 0.3) is 0 Å².